The number of fused-ring (bicyclic) bond motifs is 1. The van der Waals surface area contributed by atoms with Crippen molar-refractivity contribution in [2.45, 2.75) is 37.9 Å². The lowest BCUT2D eigenvalue weighted by atomic mass is 9.68. The molecule has 118 valence electrons. The van der Waals surface area contributed by atoms with E-state index in [2.05, 4.69) is 0 Å². The van der Waals surface area contributed by atoms with Crippen molar-refractivity contribution in [3.05, 3.63) is 0 Å². The first kappa shape index (κ1) is 15.7. The van der Waals surface area contributed by atoms with E-state index in [1.807, 2.05) is 0 Å². The Hall–Kier alpha value is -1.70. The fraction of sp³-hybridized carbons (Fsp3) is 0.769. The molecular formula is C13H19FN2O5. The highest BCUT2D eigenvalue weighted by Gasteiger charge is 2.85. The van der Waals surface area contributed by atoms with Gasteiger partial charge in [0.05, 0.1) is 11.8 Å². The topological polar surface area (TPSA) is 144 Å². The van der Waals surface area contributed by atoms with E-state index in [4.69, 9.17) is 11.5 Å². The monoisotopic (exact) mass is 302 g/mol. The first-order valence-electron chi connectivity index (χ1n) is 6.84. The zero-order valence-corrected chi connectivity index (χ0v) is 11.6. The summed E-state index contributed by atoms with van der Waals surface area (Å²) < 4.78 is 14.1. The predicted octanol–water partition coefficient (Wildman–Crippen LogP) is -0.271. The van der Waals surface area contributed by atoms with Gasteiger partial charge in [-0.3, -0.25) is 14.4 Å². The Bertz CT molecular complexity index is 513. The van der Waals surface area contributed by atoms with Gasteiger partial charge in [0.1, 0.15) is 11.7 Å². The second kappa shape index (κ2) is 4.66. The van der Waals surface area contributed by atoms with E-state index in [-0.39, 0.29) is 12.8 Å². The summed E-state index contributed by atoms with van der Waals surface area (Å²) in [4.78, 5) is 34.7. The fourth-order valence-electron chi connectivity index (χ4n) is 4.48. The van der Waals surface area contributed by atoms with Gasteiger partial charge < -0.3 is 21.7 Å². The second-order valence-electron chi connectivity index (χ2n) is 6.01. The number of amides is 1. The summed E-state index contributed by atoms with van der Waals surface area (Å²) in [5.41, 5.74) is 7.96. The maximum Gasteiger partial charge on any atom is 0.310 e. The molecule has 0 radical (unpaired) electrons. The summed E-state index contributed by atoms with van der Waals surface area (Å²) in [7, 11) is 0. The SMILES string of the molecule is CCC[C@@](N)(C(N)=O)[C@@]12C(C(=O)O)[C@@H](F)C[C@@H]1[C@@H]2C(=O)O. The van der Waals surface area contributed by atoms with Crippen molar-refractivity contribution >= 4 is 17.8 Å². The standard InChI is InChI=1S/C13H19FN2O5/c1-2-3-12(16,11(15)21)13-5(7(13)9(17)18)4-6(14)8(13)10(19)20/h5-8H,2-4,16H2,1H3,(H2,15,21)(H,17,18)(H,19,20)/t5-,6+,7-,8?,12-,13+/m1/s1. The van der Waals surface area contributed by atoms with Crippen LogP contribution in [0.25, 0.3) is 0 Å². The number of nitrogens with two attached hydrogens (primary N) is 2. The van der Waals surface area contributed by atoms with Gasteiger partial charge >= 0.3 is 11.9 Å². The van der Waals surface area contributed by atoms with Gasteiger partial charge in [0.2, 0.25) is 5.91 Å². The molecule has 0 bridgehead atoms. The minimum atomic E-state index is -1.83. The van der Waals surface area contributed by atoms with Gasteiger partial charge in [0.25, 0.3) is 0 Å². The summed E-state index contributed by atoms with van der Waals surface area (Å²) in [6.45, 7) is 1.71. The number of rotatable bonds is 6. The number of hydrogen-bond acceptors (Lipinski definition) is 4. The van der Waals surface area contributed by atoms with Gasteiger partial charge in [-0.2, -0.15) is 0 Å². The Morgan fingerprint density at radius 1 is 1.29 bits per heavy atom. The summed E-state index contributed by atoms with van der Waals surface area (Å²) in [5, 5.41) is 18.6. The molecule has 2 aliphatic carbocycles. The maximum atomic E-state index is 14.1. The average molecular weight is 302 g/mol. The number of carbonyl (C=O) groups excluding carboxylic acids is 1. The number of halogens is 1. The van der Waals surface area contributed by atoms with Crippen LogP contribution >= 0.6 is 0 Å². The van der Waals surface area contributed by atoms with E-state index in [1.165, 1.54) is 0 Å². The molecule has 0 spiro atoms. The van der Waals surface area contributed by atoms with Gasteiger partial charge in [-0.25, -0.2) is 4.39 Å². The molecule has 2 aliphatic rings. The third kappa shape index (κ3) is 1.71. The van der Waals surface area contributed by atoms with Crippen molar-refractivity contribution in [1.29, 1.82) is 0 Å². The Morgan fingerprint density at radius 3 is 2.19 bits per heavy atom. The second-order valence-corrected chi connectivity index (χ2v) is 6.01. The van der Waals surface area contributed by atoms with E-state index in [9.17, 15) is 29.0 Å². The van der Waals surface area contributed by atoms with Crippen molar-refractivity contribution in [2.75, 3.05) is 0 Å². The van der Waals surface area contributed by atoms with Crippen LogP contribution in [0.1, 0.15) is 26.2 Å². The molecule has 6 atom stereocenters. The van der Waals surface area contributed by atoms with Crippen LogP contribution in [-0.4, -0.2) is 39.8 Å². The maximum absolute atomic E-state index is 14.1. The Balaban J connectivity index is 2.59. The average Bonchev–Trinajstić information content (AvgIpc) is 2.88. The smallest absolute Gasteiger partial charge is 0.310 e. The number of aliphatic carboxylic acids is 2. The molecule has 7 nitrogen and oxygen atoms in total. The highest BCUT2D eigenvalue weighted by Crippen LogP contribution is 2.76. The van der Waals surface area contributed by atoms with Gasteiger partial charge in [0.15, 0.2) is 0 Å². The van der Waals surface area contributed by atoms with Crippen LogP contribution in [0, 0.1) is 23.2 Å². The van der Waals surface area contributed by atoms with Crippen molar-refractivity contribution in [1.82, 2.24) is 0 Å². The largest absolute Gasteiger partial charge is 0.481 e. The zero-order valence-electron chi connectivity index (χ0n) is 11.6. The Morgan fingerprint density at radius 2 is 1.81 bits per heavy atom. The number of alkyl halides is 1. The number of carboxylic acid groups (broad SMARTS) is 2. The van der Waals surface area contributed by atoms with Gasteiger partial charge in [0, 0.05) is 5.41 Å². The summed E-state index contributed by atoms with van der Waals surface area (Å²) >= 11 is 0. The van der Waals surface area contributed by atoms with Crippen molar-refractivity contribution in [2.24, 2.45) is 34.6 Å². The molecule has 0 aliphatic heterocycles. The molecule has 0 heterocycles. The molecule has 1 unspecified atom stereocenters. The molecule has 8 heteroatoms. The number of carbonyl (C=O) groups is 3. The van der Waals surface area contributed by atoms with Crippen LogP contribution in [0.2, 0.25) is 0 Å². The normalized spacial score (nSPS) is 40.1. The number of carboxylic acids is 2. The highest BCUT2D eigenvalue weighted by molar-refractivity contribution is 5.92. The lowest BCUT2D eigenvalue weighted by Crippen LogP contribution is -2.63. The molecule has 0 saturated heterocycles. The number of hydrogen-bond donors (Lipinski definition) is 4. The lowest BCUT2D eigenvalue weighted by molar-refractivity contribution is -0.151. The minimum absolute atomic E-state index is 0.0269. The van der Waals surface area contributed by atoms with Crippen LogP contribution in [0.5, 0.6) is 0 Å². The summed E-state index contributed by atoms with van der Waals surface area (Å²) in [5.74, 6) is -7.23. The molecule has 2 rings (SSSR count). The van der Waals surface area contributed by atoms with Gasteiger partial charge in [-0.15, -0.1) is 0 Å². The molecule has 2 saturated carbocycles. The minimum Gasteiger partial charge on any atom is -0.481 e. The van der Waals surface area contributed by atoms with Crippen molar-refractivity contribution in [3.8, 4) is 0 Å². The molecule has 0 aromatic heterocycles. The van der Waals surface area contributed by atoms with Crippen LogP contribution in [0.4, 0.5) is 4.39 Å². The Labute approximate surface area is 120 Å². The first-order chi connectivity index (χ1) is 9.66. The van der Waals surface area contributed by atoms with Crippen LogP contribution in [0.3, 0.4) is 0 Å². The molecule has 1 amide bonds. The molecular weight excluding hydrogens is 283 g/mol. The molecule has 21 heavy (non-hydrogen) atoms. The quantitative estimate of drug-likeness (QED) is 0.531. The summed E-state index contributed by atoms with van der Waals surface area (Å²) in [6, 6.07) is 0. The van der Waals surface area contributed by atoms with Crippen LogP contribution < -0.4 is 11.5 Å². The van der Waals surface area contributed by atoms with Crippen LogP contribution in [0.15, 0.2) is 0 Å². The van der Waals surface area contributed by atoms with Gasteiger partial charge in [-0.1, -0.05) is 13.3 Å². The van der Waals surface area contributed by atoms with E-state index < -0.39 is 52.7 Å². The van der Waals surface area contributed by atoms with Crippen molar-refractivity contribution in [3.63, 3.8) is 0 Å². The van der Waals surface area contributed by atoms with E-state index in [0.717, 1.165) is 0 Å². The van der Waals surface area contributed by atoms with E-state index in [0.29, 0.717) is 6.42 Å². The van der Waals surface area contributed by atoms with Crippen molar-refractivity contribution < 1.29 is 29.0 Å². The highest BCUT2D eigenvalue weighted by atomic mass is 19.1. The third-order valence-electron chi connectivity index (χ3n) is 5.17. The zero-order chi connectivity index (χ0) is 16.2. The predicted molar refractivity (Wildman–Crippen MR) is 68.7 cm³/mol. The van der Waals surface area contributed by atoms with E-state index in [1.54, 1.807) is 6.92 Å². The lowest BCUT2D eigenvalue weighted by Gasteiger charge is -2.38. The Kier molecular flexibility index (Phi) is 3.48. The first-order valence-corrected chi connectivity index (χ1v) is 6.84. The molecule has 6 N–H and O–H groups in total. The summed E-state index contributed by atoms with van der Waals surface area (Å²) in [6.07, 6.45) is -1.51. The third-order valence-corrected chi connectivity index (χ3v) is 5.17. The molecule has 2 fully saturated rings. The number of primary amides is 1. The van der Waals surface area contributed by atoms with Crippen LogP contribution in [-0.2, 0) is 14.4 Å². The molecule has 0 aromatic carbocycles. The fourth-order valence-corrected chi connectivity index (χ4v) is 4.48. The molecule has 0 aromatic rings. The van der Waals surface area contributed by atoms with E-state index >= 15 is 0 Å². The van der Waals surface area contributed by atoms with Gasteiger partial charge in [-0.05, 0) is 18.8 Å².